The summed E-state index contributed by atoms with van der Waals surface area (Å²) < 4.78 is 0. The van der Waals surface area contributed by atoms with Gasteiger partial charge in [0.2, 0.25) is 0 Å². The van der Waals surface area contributed by atoms with Crippen molar-refractivity contribution < 1.29 is 5.11 Å². The van der Waals surface area contributed by atoms with E-state index in [9.17, 15) is 5.11 Å². The second kappa shape index (κ2) is 5.69. The van der Waals surface area contributed by atoms with E-state index in [1.165, 1.54) is 5.56 Å². The molecule has 100 valence electrons. The quantitative estimate of drug-likeness (QED) is 0.831. The predicted octanol–water partition coefficient (Wildman–Crippen LogP) is 0.775. The Balaban J connectivity index is 2.10. The van der Waals surface area contributed by atoms with Crippen molar-refractivity contribution >= 4 is 0 Å². The van der Waals surface area contributed by atoms with Crippen LogP contribution in [0.15, 0.2) is 18.2 Å². The van der Waals surface area contributed by atoms with E-state index in [0.717, 1.165) is 31.7 Å². The summed E-state index contributed by atoms with van der Waals surface area (Å²) >= 11 is 0. The van der Waals surface area contributed by atoms with Gasteiger partial charge in [0.25, 0.3) is 0 Å². The second-order valence-corrected chi connectivity index (χ2v) is 5.25. The van der Waals surface area contributed by atoms with Crippen molar-refractivity contribution in [3.05, 3.63) is 29.3 Å². The smallest absolute Gasteiger partial charge is 0.120 e. The van der Waals surface area contributed by atoms with Crippen molar-refractivity contribution in [3.8, 4) is 5.75 Å². The van der Waals surface area contributed by atoms with Crippen molar-refractivity contribution in [1.29, 1.82) is 0 Å². The van der Waals surface area contributed by atoms with Crippen LogP contribution in [-0.4, -0.2) is 54.2 Å². The number of nitrogens with two attached hydrogens (primary N) is 1. The molecule has 2 rings (SSSR count). The minimum atomic E-state index is 0.378. The molecule has 0 spiro atoms. The molecule has 0 radical (unpaired) electrons. The highest BCUT2D eigenvalue weighted by molar-refractivity contribution is 5.35. The molecule has 4 heteroatoms. The third-order valence-corrected chi connectivity index (χ3v) is 3.69. The van der Waals surface area contributed by atoms with Gasteiger partial charge in [0, 0.05) is 44.3 Å². The van der Waals surface area contributed by atoms with E-state index in [0.29, 0.717) is 18.3 Å². The van der Waals surface area contributed by atoms with Gasteiger partial charge in [-0.05, 0) is 20.0 Å². The highest BCUT2D eigenvalue weighted by atomic mass is 16.3. The maximum atomic E-state index is 9.91. The van der Waals surface area contributed by atoms with Crippen molar-refractivity contribution in [1.82, 2.24) is 9.80 Å². The second-order valence-electron chi connectivity index (χ2n) is 5.25. The topological polar surface area (TPSA) is 52.7 Å². The van der Waals surface area contributed by atoms with Crippen LogP contribution in [0.1, 0.15) is 11.1 Å². The third kappa shape index (κ3) is 3.02. The molecule has 4 nitrogen and oxygen atoms in total. The first-order valence-electron chi connectivity index (χ1n) is 6.51. The lowest BCUT2D eigenvalue weighted by Crippen LogP contribution is -2.54. The Hall–Kier alpha value is -1.10. The summed E-state index contributed by atoms with van der Waals surface area (Å²) in [5, 5.41) is 9.91. The molecule has 1 fully saturated rings. The van der Waals surface area contributed by atoms with Crippen molar-refractivity contribution in [2.75, 3.05) is 33.2 Å². The fourth-order valence-electron chi connectivity index (χ4n) is 2.54. The van der Waals surface area contributed by atoms with Crippen LogP contribution in [0.3, 0.4) is 0 Å². The number of rotatable bonds is 3. The Labute approximate surface area is 109 Å². The number of phenolic OH excluding ortho intramolecular Hbond substituents is 1. The molecule has 0 aromatic heterocycles. The van der Waals surface area contributed by atoms with Crippen LogP contribution in [0.25, 0.3) is 0 Å². The minimum Gasteiger partial charge on any atom is -0.508 e. The number of likely N-dealkylation sites (N-methyl/N-ethyl adjacent to an activating group) is 1. The van der Waals surface area contributed by atoms with Gasteiger partial charge >= 0.3 is 0 Å². The molecule has 1 aromatic carbocycles. The SMILES string of the molecule is Cc1ccc(O)c(CN2CCN(C)CC2CN)c1. The van der Waals surface area contributed by atoms with Crippen LogP contribution in [0, 0.1) is 6.92 Å². The van der Waals surface area contributed by atoms with E-state index < -0.39 is 0 Å². The normalized spacial score (nSPS) is 22.3. The molecule has 3 N–H and O–H groups in total. The zero-order chi connectivity index (χ0) is 13.1. The molecular formula is C14H23N3O. The molecule has 1 saturated heterocycles. The van der Waals surface area contributed by atoms with Gasteiger partial charge in [0.05, 0.1) is 0 Å². The molecule has 18 heavy (non-hydrogen) atoms. The predicted molar refractivity (Wildman–Crippen MR) is 73.6 cm³/mol. The molecule has 1 atom stereocenters. The maximum Gasteiger partial charge on any atom is 0.120 e. The van der Waals surface area contributed by atoms with Gasteiger partial charge in [0.15, 0.2) is 0 Å². The average Bonchev–Trinajstić information content (AvgIpc) is 2.36. The Morgan fingerprint density at radius 3 is 2.89 bits per heavy atom. The van der Waals surface area contributed by atoms with E-state index in [-0.39, 0.29) is 0 Å². The monoisotopic (exact) mass is 249 g/mol. The highest BCUT2D eigenvalue weighted by Crippen LogP contribution is 2.22. The molecule has 0 bridgehead atoms. The summed E-state index contributed by atoms with van der Waals surface area (Å²) in [6, 6.07) is 6.14. The Bertz CT molecular complexity index is 408. The Morgan fingerprint density at radius 1 is 1.39 bits per heavy atom. The standard InChI is InChI=1S/C14H23N3O/c1-11-3-4-14(18)12(7-11)9-17-6-5-16(2)10-13(17)8-15/h3-4,7,13,18H,5-6,8-10,15H2,1-2H3. The van der Waals surface area contributed by atoms with Crippen molar-refractivity contribution in [2.45, 2.75) is 19.5 Å². The lowest BCUT2D eigenvalue weighted by atomic mass is 10.1. The molecule has 0 saturated carbocycles. The van der Waals surface area contributed by atoms with E-state index in [2.05, 4.69) is 22.9 Å². The minimum absolute atomic E-state index is 0.378. The first-order chi connectivity index (χ1) is 8.60. The molecule has 1 unspecified atom stereocenters. The summed E-state index contributed by atoms with van der Waals surface area (Å²) in [5.41, 5.74) is 8.03. The van der Waals surface area contributed by atoms with Gasteiger partial charge in [-0.25, -0.2) is 0 Å². The number of phenols is 1. The lowest BCUT2D eigenvalue weighted by Gasteiger charge is -2.39. The molecule has 1 aliphatic rings. The van der Waals surface area contributed by atoms with Gasteiger partial charge in [-0.1, -0.05) is 17.7 Å². The molecule has 0 amide bonds. The number of benzene rings is 1. The van der Waals surface area contributed by atoms with E-state index in [1.54, 1.807) is 6.07 Å². The molecular weight excluding hydrogens is 226 g/mol. The third-order valence-electron chi connectivity index (χ3n) is 3.69. The highest BCUT2D eigenvalue weighted by Gasteiger charge is 2.24. The largest absolute Gasteiger partial charge is 0.508 e. The van der Waals surface area contributed by atoms with Crippen LogP contribution < -0.4 is 5.73 Å². The number of aromatic hydroxyl groups is 1. The van der Waals surface area contributed by atoms with E-state index >= 15 is 0 Å². The van der Waals surface area contributed by atoms with Crippen molar-refractivity contribution in [3.63, 3.8) is 0 Å². The number of nitrogens with zero attached hydrogens (tertiary/aromatic N) is 2. The number of piperazine rings is 1. The van der Waals surface area contributed by atoms with Crippen molar-refractivity contribution in [2.24, 2.45) is 5.73 Å². The van der Waals surface area contributed by atoms with Gasteiger partial charge < -0.3 is 15.7 Å². The van der Waals surface area contributed by atoms with Gasteiger partial charge in [-0.15, -0.1) is 0 Å². The molecule has 1 aliphatic heterocycles. The lowest BCUT2D eigenvalue weighted by molar-refractivity contribution is 0.0874. The summed E-state index contributed by atoms with van der Waals surface area (Å²) in [6.07, 6.45) is 0. The zero-order valence-electron chi connectivity index (χ0n) is 11.3. The van der Waals surface area contributed by atoms with E-state index in [1.807, 2.05) is 13.0 Å². The fraction of sp³-hybridized carbons (Fsp3) is 0.571. The Kier molecular flexibility index (Phi) is 4.22. The average molecular weight is 249 g/mol. The summed E-state index contributed by atoms with van der Waals surface area (Å²) in [4.78, 5) is 4.68. The van der Waals surface area contributed by atoms with E-state index in [4.69, 9.17) is 5.73 Å². The Morgan fingerprint density at radius 2 is 2.17 bits per heavy atom. The number of hydrogen-bond acceptors (Lipinski definition) is 4. The van der Waals surface area contributed by atoms with Crippen LogP contribution in [0.2, 0.25) is 0 Å². The van der Waals surface area contributed by atoms with Crippen LogP contribution >= 0.6 is 0 Å². The number of aryl methyl sites for hydroxylation is 1. The van der Waals surface area contributed by atoms with Crippen LogP contribution in [0.5, 0.6) is 5.75 Å². The van der Waals surface area contributed by atoms with Gasteiger partial charge in [-0.3, -0.25) is 4.90 Å². The summed E-state index contributed by atoms with van der Waals surface area (Å²) in [7, 11) is 2.13. The summed E-state index contributed by atoms with van der Waals surface area (Å²) in [5.74, 6) is 0.385. The maximum absolute atomic E-state index is 9.91. The fourth-order valence-corrected chi connectivity index (χ4v) is 2.54. The molecule has 1 aromatic rings. The molecule has 1 heterocycles. The number of hydrogen-bond donors (Lipinski definition) is 2. The van der Waals surface area contributed by atoms with Gasteiger partial charge in [0.1, 0.15) is 5.75 Å². The first kappa shape index (κ1) is 13.3. The van der Waals surface area contributed by atoms with Gasteiger partial charge in [-0.2, -0.15) is 0 Å². The van der Waals surface area contributed by atoms with Crippen LogP contribution in [-0.2, 0) is 6.54 Å². The zero-order valence-corrected chi connectivity index (χ0v) is 11.3. The molecule has 0 aliphatic carbocycles. The summed E-state index contributed by atoms with van der Waals surface area (Å²) in [6.45, 7) is 6.56. The first-order valence-corrected chi connectivity index (χ1v) is 6.51. The van der Waals surface area contributed by atoms with Crippen LogP contribution in [0.4, 0.5) is 0 Å².